The second-order valence-corrected chi connectivity index (χ2v) is 0. The Kier molecular flexibility index (Phi) is 1800000. The second-order valence-electron chi connectivity index (χ2n) is 0. The van der Waals surface area contributed by atoms with E-state index in [1.807, 2.05) is 0 Å². The van der Waals surface area contributed by atoms with E-state index in [-0.39, 0.29) is 68.9 Å². The quantitative estimate of drug-likeness (QED) is 0.447. The third-order valence-corrected chi connectivity index (χ3v) is 0. The smallest absolute Gasteiger partial charge is 0.870 e. The van der Waals surface area contributed by atoms with E-state index in [2.05, 4.69) is 0 Å². The molecule has 0 aromatic rings. The average molecular weight is 313 g/mol. The monoisotopic (exact) mass is 313 g/mol. The van der Waals surface area contributed by atoms with Crippen LogP contribution in [0.3, 0.4) is 0 Å². The maximum atomic E-state index is 0. The Labute approximate surface area is 69.5 Å². The van der Waals surface area contributed by atoms with Gasteiger partial charge in [0.1, 0.15) is 0 Å². The van der Waals surface area contributed by atoms with Gasteiger partial charge in [0.2, 0.25) is 0 Å². The Bertz CT molecular complexity index is 11.0. The predicted octanol–water partition coefficient (Wildman–Crippen LogP) is -3.24. The minimum absolute atomic E-state index is 0. The molecular formula is H2N6O2Pt. The first-order valence-electron chi connectivity index (χ1n) is 0. The Balaban J connectivity index is 0. The van der Waals surface area contributed by atoms with Crippen molar-refractivity contribution < 1.29 is 32.0 Å². The molecule has 0 spiro atoms. The fraction of sp³-hybridized carbons (Fsp3) is 0. The van der Waals surface area contributed by atoms with Crippen LogP contribution in [0.4, 0.5) is 0 Å². The Morgan fingerprint density at radius 3 is 0.333 bits per heavy atom. The molecule has 0 aliphatic carbocycles. The third-order valence-electron chi connectivity index (χ3n) is 0. The van der Waals surface area contributed by atoms with Gasteiger partial charge >= 0.3 is 21.1 Å². The Morgan fingerprint density at radius 1 is 0.333 bits per heavy atom. The summed E-state index contributed by atoms with van der Waals surface area (Å²) in [7, 11) is 0. The van der Waals surface area contributed by atoms with Gasteiger partial charge in [-0.3, -0.25) is 0 Å². The van der Waals surface area contributed by atoms with Crippen molar-refractivity contribution in [1.82, 2.24) is 36.9 Å². The van der Waals surface area contributed by atoms with Crippen molar-refractivity contribution >= 4 is 0 Å². The van der Waals surface area contributed by atoms with Gasteiger partial charge in [-0.25, -0.2) is 0 Å². The summed E-state index contributed by atoms with van der Waals surface area (Å²) in [6, 6.07) is 0. The average Bonchev–Trinajstić information content (AvgIpc) is 0. The van der Waals surface area contributed by atoms with Crippen molar-refractivity contribution in [2.24, 2.45) is 0 Å². The van der Waals surface area contributed by atoms with Crippen LogP contribution >= 0.6 is 0 Å². The van der Waals surface area contributed by atoms with Crippen molar-refractivity contribution in [2.45, 2.75) is 0 Å². The van der Waals surface area contributed by atoms with E-state index >= 15 is 0 Å². The van der Waals surface area contributed by atoms with Gasteiger partial charge in [-0.1, -0.05) is 0 Å². The zero-order valence-electron chi connectivity index (χ0n) is 3.89. The van der Waals surface area contributed by atoms with Crippen LogP contribution in [0.25, 0.3) is 0 Å². The number of rotatable bonds is 0. The summed E-state index contributed by atoms with van der Waals surface area (Å²) in [4.78, 5) is 0. The molecule has 0 heterocycles. The summed E-state index contributed by atoms with van der Waals surface area (Å²) in [5.74, 6) is 0. The largest absolute Gasteiger partial charge is 2.00 e. The summed E-state index contributed by atoms with van der Waals surface area (Å²) in [5.41, 5.74) is 0. The summed E-state index contributed by atoms with van der Waals surface area (Å²) in [6.45, 7) is 0. The van der Waals surface area contributed by atoms with E-state index in [0.29, 0.717) is 0 Å². The molecule has 0 aliphatic rings. The van der Waals surface area contributed by atoms with Gasteiger partial charge in [-0.05, 0) is 0 Å². The molecule has 0 atom stereocenters. The van der Waals surface area contributed by atoms with Crippen LogP contribution < -0.4 is 36.9 Å². The zero-order valence-corrected chi connectivity index (χ0v) is 6.17. The number of hydrogen-bond donors (Lipinski definition) is 0. The molecule has 0 aromatic heterocycles. The topological polar surface area (TPSA) is 243 Å². The van der Waals surface area contributed by atoms with E-state index in [4.69, 9.17) is 0 Å². The second kappa shape index (κ2) is 3350. The molecule has 2 N–H and O–H groups in total. The van der Waals surface area contributed by atoms with Crippen LogP contribution in [0.1, 0.15) is 0 Å². The SMILES string of the molecule is [N].[N].[N].[N].[N].[N].[OH-].[OH-].[Pt+2]. The van der Waals surface area contributed by atoms with Gasteiger partial charge in [-0.2, -0.15) is 0 Å². The van der Waals surface area contributed by atoms with E-state index < -0.39 is 0 Å². The molecule has 54 valence electrons. The van der Waals surface area contributed by atoms with Crippen LogP contribution in [0.2, 0.25) is 0 Å². The van der Waals surface area contributed by atoms with Crippen molar-refractivity contribution in [3.8, 4) is 0 Å². The van der Waals surface area contributed by atoms with Crippen LogP contribution in [-0.4, -0.2) is 11.0 Å². The molecule has 0 aliphatic heterocycles. The molecular weight excluding hydrogens is 311 g/mol. The van der Waals surface area contributed by atoms with Crippen LogP contribution in [-0.2, 0) is 21.1 Å². The number of nitrogens with zero attached hydrogens (tertiary/aromatic N) is 6. The van der Waals surface area contributed by atoms with Gasteiger partial charge < -0.3 is 11.0 Å². The van der Waals surface area contributed by atoms with Crippen LogP contribution in [0.5, 0.6) is 0 Å². The summed E-state index contributed by atoms with van der Waals surface area (Å²) in [6.07, 6.45) is 0. The van der Waals surface area contributed by atoms with Crippen LogP contribution in [0.15, 0.2) is 0 Å². The first-order chi connectivity index (χ1) is 0. The van der Waals surface area contributed by atoms with E-state index in [9.17, 15) is 0 Å². The summed E-state index contributed by atoms with van der Waals surface area (Å²) in [5, 5.41) is 0. The fourth-order valence-corrected chi connectivity index (χ4v) is 0. The molecule has 0 bridgehead atoms. The zero-order chi connectivity index (χ0) is 0. The molecule has 0 rings (SSSR count). The van der Waals surface area contributed by atoms with E-state index in [0.717, 1.165) is 0 Å². The van der Waals surface area contributed by atoms with Gasteiger partial charge in [0.15, 0.2) is 0 Å². The molecule has 9 heavy (non-hydrogen) atoms. The molecule has 0 fully saturated rings. The van der Waals surface area contributed by atoms with Crippen molar-refractivity contribution in [3.05, 3.63) is 0 Å². The summed E-state index contributed by atoms with van der Waals surface area (Å²) < 4.78 is 0. The Hall–Kier alpha value is 0.368. The molecule has 0 saturated carbocycles. The standard InChI is InChI=1S/6N.2H2O.Pt/h;;;;;;2*1H2;/q;;;;;;;;+2/p-2. The van der Waals surface area contributed by atoms with E-state index in [1.54, 1.807) is 0 Å². The first-order valence-corrected chi connectivity index (χ1v) is 0. The third kappa shape index (κ3) is 2500. The normalized spacial score (nSPS) is 0. The van der Waals surface area contributed by atoms with Gasteiger partial charge in [-0.15, -0.1) is 0 Å². The van der Waals surface area contributed by atoms with Crippen molar-refractivity contribution in [1.29, 1.82) is 0 Å². The minimum atomic E-state index is 0. The molecule has 9 heteroatoms. The number of hydrogen-bond acceptors (Lipinski definition) is 2. The van der Waals surface area contributed by atoms with Crippen LogP contribution in [0, 0.1) is 0 Å². The molecule has 0 amide bonds. The maximum Gasteiger partial charge on any atom is 2.00 e. The summed E-state index contributed by atoms with van der Waals surface area (Å²) >= 11 is 0. The molecule has 18 radical (unpaired) electrons. The molecule has 0 unspecified atom stereocenters. The minimum Gasteiger partial charge on any atom is -0.870 e. The van der Waals surface area contributed by atoms with Crippen molar-refractivity contribution in [2.75, 3.05) is 0 Å². The predicted molar refractivity (Wildman–Crippen MR) is 16.7 cm³/mol. The molecule has 0 aromatic carbocycles. The first kappa shape index (κ1) is 4840. The molecule has 0 saturated heterocycles. The van der Waals surface area contributed by atoms with Gasteiger partial charge in [0.25, 0.3) is 0 Å². The van der Waals surface area contributed by atoms with Gasteiger partial charge in [0, 0.05) is 36.9 Å². The Morgan fingerprint density at radius 2 is 0.333 bits per heavy atom. The fourth-order valence-electron chi connectivity index (χ4n) is 0. The maximum absolute atomic E-state index is 0. The van der Waals surface area contributed by atoms with E-state index in [1.165, 1.54) is 0 Å². The van der Waals surface area contributed by atoms with Crippen molar-refractivity contribution in [3.63, 3.8) is 0 Å². The molecule has 8 nitrogen and oxygen atoms in total. The van der Waals surface area contributed by atoms with Gasteiger partial charge in [0.05, 0.1) is 0 Å².